The smallest absolute Gasteiger partial charge is 0.264 e. The lowest BCUT2D eigenvalue weighted by Gasteiger charge is -2.41. The van der Waals surface area contributed by atoms with Crippen LogP contribution in [0.2, 0.25) is 0 Å². The van der Waals surface area contributed by atoms with Gasteiger partial charge in [0.25, 0.3) is 10.0 Å². The molecule has 1 heterocycles. The fourth-order valence-electron chi connectivity index (χ4n) is 5.14. The Morgan fingerprint density at radius 3 is 2.10 bits per heavy atom. The van der Waals surface area contributed by atoms with Gasteiger partial charge in [0.2, 0.25) is 5.91 Å². The van der Waals surface area contributed by atoms with Crippen molar-refractivity contribution in [2.45, 2.75) is 49.6 Å². The first-order valence-corrected chi connectivity index (χ1v) is 15.3. The van der Waals surface area contributed by atoms with E-state index >= 15 is 0 Å². The number of para-hydroxylation sites is 2. The highest BCUT2D eigenvalue weighted by Gasteiger charge is 2.39. The quantitative estimate of drug-likeness (QED) is 0.225. The summed E-state index contributed by atoms with van der Waals surface area (Å²) in [5, 5.41) is 3.12. The predicted molar refractivity (Wildman–Crippen MR) is 160 cm³/mol. The Morgan fingerprint density at radius 2 is 1.44 bits per heavy atom. The van der Waals surface area contributed by atoms with Crippen LogP contribution in [0.3, 0.4) is 0 Å². The molecule has 0 unspecified atom stereocenters. The molecule has 0 bridgehead atoms. The van der Waals surface area contributed by atoms with Crippen molar-refractivity contribution >= 4 is 21.6 Å². The van der Waals surface area contributed by atoms with Crippen LogP contribution in [-0.2, 0) is 14.8 Å². The molecule has 1 aliphatic rings. The number of nitrogens with one attached hydrogen (secondary N) is 1. The molecule has 1 aliphatic heterocycles. The van der Waals surface area contributed by atoms with Crippen molar-refractivity contribution in [3.05, 3.63) is 115 Å². The third-order valence-corrected chi connectivity index (χ3v) is 9.33. The maximum absolute atomic E-state index is 13.8. The molecule has 0 saturated heterocycles. The zero-order chi connectivity index (χ0) is 28.9. The molecule has 0 aromatic heterocycles. The Bertz CT molecular complexity index is 1570. The number of sulfonamides is 1. The zero-order valence-electron chi connectivity index (χ0n) is 23.2. The number of fused-ring (bicyclic) bond motifs is 1. The van der Waals surface area contributed by atoms with Crippen molar-refractivity contribution < 1.29 is 22.7 Å². The van der Waals surface area contributed by atoms with E-state index in [0.29, 0.717) is 23.6 Å². The molecule has 7 nitrogen and oxygen atoms in total. The molecule has 0 fully saturated rings. The third kappa shape index (κ3) is 6.23. The van der Waals surface area contributed by atoms with Gasteiger partial charge in [-0.15, -0.1) is 0 Å². The summed E-state index contributed by atoms with van der Waals surface area (Å²) < 4.78 is 41.0. The molecular formula is C33H34N2O5S. The minimum Gasteiger partial charge on any atom is -0.487 e. The van der Waals surface area contributed by atoms with Crippen LogP contribution < -0.4 is 19.1 Å². The molecule has 0 saturated carbocycles. The highest BCUT2D eigenvalue weighted by Crippen LogP contribution is 2.42. The van der Waals surface area contributed by atoms with Gasteiger partial charge < -0.3 is 14.8 Å². The monoisotopic (exact) mass is 570 g/mol. The molecule has 8 heteroatoms. The molecule has 0 spiro atoms. The Hall–Kier alpha value is -4.30. The second-order valence-corrected chi connectivity index (χ2v) is 12.0. The summed E-state index contributed by atoms with van der Waals surface area (Å²) in [5.41, 5.74) is 0.836. The maximum atomic E-state index is 13.8. The number of amides is 1. The first-order chi connectivity index (χ1) is 19.8. The number of carbonyl (C=O) groups is 1. The standard InChI is InChI=1S/C33H34N2O5S/c1-3-33(4-2)23-30(29-17-11-12-18-31(29)40-33)34-32(36)24-35(41(37,38)28-15-9-6-10-16-28)25-19-21-27(22-20-25)39-26-13-7-5-8-14-26/h5-22,30H,3-4,23-24H2,1-2H3,(H,34,36)/t30-/m0/s1. The zero-order valence-corrected chi connectivity index (χ0v) is 24.0. The second-order valence-electron chi connectivity index (χ2n) is 10.1. The molecule has 5 rings (SSSR count). The molecule has 212 valence electrons. The van der Waals surface area contributed by atoms with Gasteiger partial charge in [-0.3, -0.25) is 9.10 Å². The lowest BCUT2D eigenvalue weighted by atomic mass is 9.83. The van der Waals surface area contributed by atoms with Crippen LogP contribution in [-0.4, -0.2) is 26.5 Å². The number of rotatable bonds is 10. The normalized spacial score (nSPS) is 15.7. The van der Waals surface area contributed by atoms with Crippen molar-refractivity contribution in [1.82, 2.24) is 5.32 Å². The van der Waals surface area contributed by atoms with E-state index in [4.69, 9.17) is 9.47 Å². The minimum atomic E-state index is -4.05. The Morgan fingerprint density at radius 1 is 0.854 bits per heavy atom. The van der Waals surface area contributed by atoms with E-state index in [2.05, 4.69) is 19.2 Å². The number of nitrogens with zero attached hydrogens (tertiary/aromatic N) is 1. The second kappa shape index (κ2) is 12.1. The van der Waals surface area contributed by atoms with E-state index in [1.165, 1.54) is 12.1 Å². The van der Waals surface area contributed by atoms with Gasteiger partial charge in [0.05, 0.1) is 16.6 Å². The summed E-state index contributed by atoms with van der Waals surface area (Å²) in [5.74, 6) is 1.56. The van der Waals surface area contributed by atoms with Crippen molar-refractivity contribution in [2.75, 3.05) is 10.8 Å². The van der Waals surface area contributed by atoms with Crippen LogP contribution in [0.4, 0.5) is 5.69 Å². The van der Waals surface area contributed by atoms with Crippen LogP contribution in [0, 0.1) is 0 Å². The van der Waals surface area contributed by atoms with Gasteiger partial charge in [-0.05, 0) is 67.4 Å². The lowest BCUT2D eigenvalue weighted by Crippen LogP contribution is -2.47. The van der Waals surface area contributed by atoms with Crippen LogP contribution in [0.5, 0.6) is 17.2 Å². The molecule has 41 heavy (non-hydrogen) atoms. The topological polar surface area (TPSA) is 84.9 Å². The number of carbonyl (C=O) groups excluding carboxylic acids is 1. The highest BCUT2D eigenvalue weighted by atomic mass is 32.2. The minimum absolute atomic E-state index is 0.102. The molecule has 4 aromatic rings. The van der Waals surface area contributed by atoms with E-state index in [9.17, 15) is 13.2 Å². The van der Waals surface area contributed by atoms with Crippen molar-refractivity contribution in [3.63, 3.8) is 0 Å². The molecule has 1 atom stereocenters. The number of hydrogen-bond donors (Lipinski definition) is 1. The molecule has 1 amide bonds. The first-order valence-electron chi connectivity index (χ1n) is 13.8. The average Bonchev–Trinajstić information content (AvgIpc) is 3.01. The summed E-state index contributed by atoms with van der Waals surface area (Å²) in [7, 11) is -4.05. The van der Waals surface area contributed by atoms with Gasteiger partial charge in [-0.2, -0.15) is 0 Å². The van der Waals surface area contributed by atoms with E-state index in [1.54, 1.807) is 42.5 Å². The SMILES string of the molecule is CCC1(CC)C[C@H](NC(=O)CN(c2ccc(Oc3ccccc3)cc2)S(=O)(=O)c2ccccc2)c2ccccc2O1. The number of ether oxygens (including phenoxy) is 2. The highest BCUT2D eigenvalue weighted by molar-refractivity contribution is 7.92. The van der Waals surface area contributed by atoms with E-state index in [1.807, 2.05) is 54.6 Å². The van der Waals surface area contributed by atoms with Crippen molar-refractivity contribution in [2.24, 2.45) is 0 Å². The maximum Gasteiger partial charge on any atom is 0.264 e. The Labute approximate surface area is 241 Å². The summed E-state index contributed by atoms with van der Waals surface area (Å²) in [6.45, 7) is 3.77. The number of benzene rings is 4. The van der Waals surface area contributed by atoms with Crippen LogP contribution in [0.15, 0.2) is 114 Å². The fourth-order valence-corrected chi connectivity index (χ4v) is 6.58. The largest absolute Gasteiger partial charge is 0.487 e. The Balaban J connectivity index is 1.42. The molecule has 0 aliphatic carbocycles. The van der Waals surface area contributed by atoms with Crippen LogP contribution in [0.1, 0.15) is 44.7 Å². The fraction of sp³-hybridized carbons (Fsp3) is 0.242. The summed E-state index contributed by atoms with van der Waals surface area (Å²) in [6.07, 6.45) is 2.17. The van der Waals surface area contributed by atoms with Gasteiger partial charge in [-0.1, -0.05) is 68.4 Å². The van der Waals surface area contributed by atoms with Gasteiger partial charge in [0, 0.05) is 12.0 Å². The van der Waals surface area contributed by atoms with E-state index < -0.39 is 21.5 Å². The van der Waals surface area contributed by atoms with Crippen molar-refractivity contribution in [1.29, 1.82) is 0 Å². The molecular weight excluding hydrogens is 536 g/mol. The van der Waals surface area contributed by atoms with Gasteiger partial charge in [-0.25, -0.2) is 8.42 Å². The molecule has 0 radical (unpaired) electrons. The number of hydrogen-bond acceptors (Lipinski definition) is 5. The lowest BCUT2D eigenvalue weighted by molar-refractivity contribution is -0.121. The molecule has 4 aromatic carbocycles. The summed E-state index contributed by atoms with van der Waals surface area (Å²) in [6, 6.07) is 31.5. The summed E-state index contributed by atoms with van der Waals surface area (Å²) >= 11 is 0. The third-order valence-electron chi connectivity index (χ3n) is 7.54. The predicted octanol–water partition coefficient (Wildman–Crippen LogP) is 6.87. The first kappa shape index (κ1) is 28.2. The van der Waals surface area contributed by atoms with E-state index in [0.717, 1.165) is 28.5 Å². The number of anilines is 1. The molecule has 1 N–H and O–H groups in total. The summed E-state index contributed by atoms with van der Waals surface area (Å²) in [4.78, 5) is 13.7. The average molecular weight is 571 g/mol. The van der Waals surface area contributed by atoms with E-state index in [-0.39, 0.29) is 17.5 Å². The van der Waals surface area contributed by atoms with Gasteiger partial charge >= 0.3 is 0 Å². The van der Waals surface area contributed by atoms with Crippen LogP contribution in [0.25, 0.3) is 0 Å². The van der Waals surface area contributed by atoms with Crippen LogP contribution >= 0.6 is 0 Å². The van der Waals surface area contributed by atoms with Crippen molar-refractivity contribution in [3.8, 4) is 17.2 Å². The van der Waals surface area contributed by atoms with Gasteiger partial charge in [0.15, 0.2) is 0 Å². The van der Waals surface area contributed by atoms with Gasteiger partial charge in [0.1, 0.15) is 29.4 Å². The Kier molecular flexibility index (Phi) is 8.31.